The first-order valence-electron chi connectivity index (χ1n) is 5.92. The summed E-state index contributed by atoms with van der Waals surface area (Å²) in [5, 5.41) is 9.00. The first-order chi connectivity index (χ1) is 9.70. The van der Waals surface area contributed by atoms with Crippen LogP contribution in [0.3, 0.4) is 0 Å². The van der Waals surface area contributed by atoms with Crippen LogP contribution in [0.1, 0.15) is 10.4 Å². The van der Waals surface area contributed by atoms with Gasteiger partial charge in [-0.2, -0.15) is 0 Å². The van der Waals surface area contributed by atoms with Crippen LogP contribution in [-0.4, -0.2) is 25.0 Å². The van der Waals surface area contributed by atoms with E-state index in [0.717, 1.165) is 5.75 Å². The van der Waals surface area contributed by atoms with Crippen LogP contribution in [0.2, 0.25) is 0 Å². The van der Waals surface area contributed by atoms with E-state index in [1.165, 1.54) is 6.07 Å². The number of carbonyl (C=O) groups is 1. The standard InChI is InChI=1S/C15H14O5/c1-18-11-6-8-12(9-7-11)19-10-20-14-5-3-2-4-13(14)15(16)17/h2-9H,10H2,1H3,(H,16,17). The summed E-state index contributed by atoms with van der Waals surface area (Å²) in [7, 11) is 1.59. The molecule has 0 unspecified atom stereocenters. The number of ether oxygens (including phenoxy) is 3. The first-order valence-corrected chi connectivity index (χ1v) is 5.92. The van der Waals surface area contributed by atoms with E-state index < -0.39 is 5.97 Å². The molecule has 0 aliphatic carbocycles. The summed E-state index contributed by atoms with van der Waals surface area (Å²) in [6, 6.07) is 13.4. The van der Waals surface area contributed by atoms with E-state index in [-0.39, 0.29) is 18.1 Å². The summed E-state index contributed by atoms with van der Waals surface area (Å²) in [6.45, 7) is -0.0728. The molecule has 0 aliphatic heterocycles. The number of benzene rings is 2. The zero-order valence-electron chi connectivity index (χ0n) is 10.9. The molecule has 0 heterocycles. The highest BCUT2D eigenvalue weighted by atomic mass is 16.7. The second kappa shape index (κ2) is 6.47. The van der Waals surface area contributed by atoms with E-state index in [2.05, 4.69) is 0 Å². The van der Waals surface area contributed by atoms with Crippen LogP contribution in [0.25, 0.3) is 0 Å². The van der Waals surface area contributed by atoms with Crippen LogP contribution in [0.5, 0.6) is 17.2 Å². The van der Waals surface area contributed by atoms with Gasteiger partial charge in [0.15, 0.2) is 0 Å². The molecule has 5 nitrogen and oxygen atoms in total. The smallest absolute Gasteiger partial charge is 0.339 e. The van der Waals surface area contributed by atoms with E-state index in [1.54, 1.807) is 49.6 Å². The molecule has 0 aliphatic rings. The van der Waals surface area contributed by atoms with Crippen LogP contribution in [0.15, 0.2) is 48.5 Å². The van der Waals surface area contributed by atoms with Crippen molar-refractivity contribution in [2.24, 2.45) is 0 Å². The van der Waals surface area contributed by atoms with E-state index in [0.29, 0.717) is 5.75 Å². The number of carboxylic acids is 1. The minimum absolute atomic E-state index is 0.0728. The second-order valence-electron chi connectivity index (χ2n) is 3.88. The van der Waals surface area contributed by atoms with Crippen molar-refractivity contribution >= 4 is 5.97 Å². The summed E-state index contributed by atoms with van der Waals surface area (Å²) in [6.07, 6.45) is 0. The van der Waals surface area contributed by atoms with Gasteiger partial charge in [-0.1, -0.05) is 12.1 Å². The van der Waals surface area contributed by atoms with Crippen LogP contribution < -0.4 is 14.2 Å². The Hall–Kier alpha value is -2.69. The van der Waals surface area contributed by atoms with Gasteiger partial charge in [0.1, 0.15) is 22.8 Å². The number of hydrogen-bond donors (Lipinski definition) is 1. The summed E-state index contributed by atoms with van der Waals surface area (Å²) in [5.74, 6) is 0.576. The van der Waals surface area contributed by atoms with E-state index in [4.69, 9.17) is 19.3 Å². The Morgan fingerprint density at radius 3 is 2.30 bits per heavy atom. The maximum atomic E-state index is 11.0. The molecule has 1 N–H and O–H groups in total. The van der Waals surface area contributed by atoms with Crippen molar-refractivity contribution in [3.05, 3.63) is 54.1 Å². The topological polar surface area (TPSA) is 65.0 Å². The normalized spacial score (nSPS) is 9.85. The molecule has 5 heteroatoms. The maximum Gasteiger partial charge on any atom is 0.339 e. The van der Waals surface area contributed by atoms with E-state index in [9.17, 15) is 4.79 Å². The zero-order chi connectivity index (χ0) is 14.4. The highest BCUT2D eigenvalue weighted by Gasteiger charge is 2.09. The fourth-order valence-electron chi connectivity index (χ4n) is 1.60. The Bertz CT molecular complexity index is 577. The van der Waals surface area contributed by atoms with Gasteiger partial charge < -0.3 is 19.3 Å². The number of methoxy groups -OCH3 is 1. The van der Waals surface area contributed by atoms with Gasteiger partial charge in [-0.15, -0.1) is 0 Å². The highest BCUT2D eigenvalue weighted by molar-refractivity contribution is 5.90. The molecule has 0 atom stereocenters. The third-order valence-corrected chi connectivity index (χ3v) is 2.62. The Balaban J connectivity index is 1.94. The Labute approximate surface area is 116 Å². The first kappa shape index (κ1) is 13.7. The molecule has 20 heavy (non-hydrogen) atoms. The minimum atomic E-state index is -1.04. The van der Waals surface area contributed by atoms with Gasteiger partial charge in [0, 0.05) is 0 Å². The molecule has 2 rings (SSSR count). The predicted octanol–water partition coefficient (Wildman–Crippen LogP) is 2.81. The van der Waals surface area contributed by atoms with Crippen molar-refractivity contribution < 1.29 is 24.1 Å². The van der Waals surface area contributed by atoms with Crippen molar-refractivity contribution in [3.8, 4) is 17.2 Å². The van der Waals surface area contributed by atoms with E-state index in [1.807, 2.05) is 0 Å². The third-order valence-electron chi connectivity index (χ3n) is 2.62. The summed E-state index contributed by atoms with van der Waals surface area (Å²) in [4.78, 5) is 11.0. The summed E-state index contributed by atoms with van der Waals surface area (Å²) < 4.78 is 15.7. The number of carboxylic acid groups (broad SMARTS) is 1. The van der Waals surface area contributed by atoms with Gasteiger partial charge in [-0.25, -0.2) is 4.79 Å². The fraction of sp³-hybridized carbons (Fsp3) is 0.133. The Morgan fingerprint density at radius 1 is 1.00 bits per heavy atom. The molecule has 0 fully saturated rings. The number of para-hydroxylation sites is 1. The monoisotopic (exact) mass is 274 g/mol. The van der Waals surface area contributed by atoms with Crippen LogP contribution >= 0.6 is 0 Å². The molecule has 2 aromatic rings. The lowest BCUT2D eigenvalue weighted by Gasteiger charge is -2.10. The van der Waals surface area contributed by atoms with Gasteiger partial charge in [-0.05, 0) is 36.4 Å². The van der Waals surface area contributed by atoms with Gasteiger partial charge in [0.2, 0.25) is 6.79 Å². The van der Waals surface area contributed by atoms with E-state index >= 15 is 0 Å². The molecule has 0 saturated carbocycles. The predicted molar refractivity (Wildman–Crippen MR) is 72.5 cm³/mol. The average molecular weight is 274 g/mol. The Kier molecular flexibility index (Phi) is 4.44. The van der Waals surface area contributed by atoms with Crippen LogP contribution in [0.4, 0.5) is 0 Å². The number of hydrogen-bond acceptors (Lipinski definition) is 4. The summed E-state index contributed by atoms with van der Waals surface area (Å²) in [5.41, 5.74) is 0.103. The van der Waals surface area contributed by atoms with Crippen molar-refractivity contribution in [1.29, 1.82) is 0 Å². The quantitative estimate of drug-likeness (QED) is 0.820. The lowest BCUT2D eigenvalue weighted by molar-refractivity contribution is 0.0682. The molecular weight excluding hydrogens is 260 g/mol. The van der Waals surface area contributed by atoms with Crippen LogP contribution in [0, 0.1) is 0 Å². The number of aromatic carboxylic acids is 1. The minimum Gasteiger partial charge on any atom is -0.497 e. The molecule has 0 aromatic heterocycles. The number of rotatable bonds is 6. The second-order valence-corrected chi connectivity index (χ2v) is 3.88. The average Bonchev–Trinajstić information content (AvgIpc) is 2.48. The molecular formula is C15H14O5. The molecule has 0 radical (unpaired) electrons. The SMILES string of the molecule is COc1ccc(OCOc2ccccc2C(=O)O)cc1. The molecule has 0 saturated heterocycles. The van der Waals surface area contributed by atoms with Crippen molar-refractivity contribution in [2.45, 2.75) is 0 Å². The largest absolute Gasteiger partial charge is 0.497 e. The van der Waals surface area contributed by atoms with Crippen molar-refractivity contribution in [2.75, 3.05) is 13.9 Å². The van der Waals surface area contributed by atoms with Gasteiger partial charge in [0.05, 0.1) is 7.11 Å². The fourth-order valence-corrected chi connectivity index (χ4v) is 1.60. The molecule has 0 amide bonds. The highest BCUT2D eigenvalue weighted by Crippen LogP contribution is 2.20. The third kappa shape index (κ3) is 3.41. The van der Waals surface area contributed by atoms with Gasteiger partial charge >= 0.3 is 5.97 Å². The van der Waals surface area contributed by atoms with Crippen molar-refractivity contribution in [3.63, 3.8) is 0 Å². The zero-order valence-corrected chi connectivity index (χ0v) is 10.9. The van der Waals surface area contributed by atoms with Gasteiger partial charge in [0.25, 0.3) is 0 Å². The summed E-state index contributed by atoms with van der Waals surface area (Å²) >= 11 is 0. The van der Waals surface area contributed by atoms with Crippen LogP contribution in [-0.2, 0) is 0 Å². The maximum absolute atomic E-state index is 11.0. The molecule has 104 valence electrons. The lowest BCUT2D eigenvalue weighted by atomic mass is 10.2. The lowest BCUT2D eigenvalue weighted by Crippen LogP contribution is -2.09. The molecule has 0 bridgehead atoms. The molecule has 0 spiro atoms. The molecule has 2 aromatic carbocycles. The Morgan fingerprint density at radius 2 is 1.65 bits per heavy atom. The van der Waals surface area contributed by atoms with Gasteiger partial charge in [-0.3, -0.25) is 0 Å². The van der Waals surface area contributed by atoms with Crippen molar-refractivity contribution in [1.82, 2.24) is 0 Å².